The first-order chi connectivity index (χ1) is 9.58. The lowest BCUT2D eigenvalue weighted by atomic mass is 10.1. The number of hydrogen-bond donors (Lipinski definition) is 1. The van der Waals surface area contributed by atoms with Gasteiger partial charge in [0.2, 0.25) is 0 Å². The van der Waals surface area contributed by atoms with Gasteiger partial charge in [0.25, 0.3) is 0 Å². The molecule has 0 spiro atoms. The molecule has 3 nitrogen and oxygen atoms in total. The lowest BCUT2D eigenvalue weighted by Gasteiger charge is -2.15. The number of methoxy groups -OCH3 is 1. The topological polar surface area (TPSA) is 38.3 Å². The summed E-state index contributed by atoms with van der Waals surface area (Å²) < 4.78 is 4.80. The fourth-order valence-corrected chi connectivity index (χ4v) is 3.67. The van der Waals surface area contributed by atoms with Crippen molar-refractivity contribution in [3.8, 4) is 0 Å². The van der Waals surface area contributed by atoms with Crippen molar-refractivity contribution in [1.29, 1.82) is 0 Å². The molecule has 1 aliphatic carbocycles. The highest BCUT2D eigenvalue weighted by Gasteiger charge is 2.44. The average Bonchev–Trinajstić information content (AvgIpc) is 3.18. The van der Waals surface area contributed by atoms with Crippen molar-refractivity contribution in [3.63, 3.8) is 0 Å². The number of carbonyl (C=O) groups is 1. The van der Waals surface area contributed by atoms with Gasteiger partial charge in [-0.05, 0) is 43.9 Å². The molecular weight excluding hydrogens is 270 g/mol. The van der Waals surface area contributed by atoms with Crippen molar-refractivity contribution in [3.05, 3.63) is 29.3 Å². The van der Waals surface area contributed by atoms with E-state index >= 15 is 0 Å². The summed E-state index contributed by atoms with van der Waals surface area (Å²) in [7, 11) is 3.44. The van der Waals surface area contributed by atoms with Crippen molar-refractivity contribution in [1.82, 2.24) is 5.32 Å². The molecule has 20 heavy (non-hydrogen) atoms. The van der Waals surface area contributed by atoms with Crippen molar-refractivity contribution < 1.29 is 9.53 Å². The van der Waals surface area contributed by atoms with E-state index in [2.05, 4.69) is 30.4 Å². The predicted octanol–water partition coefficient (Wildman–Crippen LogP) is 3.15. The minimum absolute atomic E-state index is 0.0811. The Bertz CT molecular complexity index is 483. The molecule has 0 aliphatic heterocycles. The number of thioether (sulfide) groups is 1. The maximum atomic E-state index is 11.5. The summed E-state index contributed by atoms with van der Waals surface area (Å²) in [6.45, 7) is 3.00. The highest BCUT2D eigenvalue weighted by Crippen LogP contribution is 2.52. The van der Waals surface area contributed by atoms with E-state index in [1.54, 1.807) is 0 Å². The van der Waals surface area contributed by atoms with E-state index in [9.17, 15) is 4.79 Å². The second-order valence-corrected chi connectivity index (χ2v) is 6.70. The van der Waals surface area contributed by atoms with Gasteiger partial charge in [0, 0.05) is 17.2 Å². The van der Waals surface area contributed by atoms with Gasteiger partial charge >= 0.3 is 5.97 Å². The second-order valence-electron chi connectivity index (χ2n) is 5.68. The SMILES string of the molecule is CNCc1cc(C)ccc1SCC1(CC(=O)OC)CC1. The lowest BCUT2D eigenvalue weighted by molar-refractivity contribution is -0.141. The second kappa shape index (κ2) is 6.64. The van der Waals surface area contributed by atoms with Crippen LogP contribution in [-0.2, 0) is 16.1 Å². The monoisotopic (exact) mass is 293 g/mol. The molecule has 0 bridgehead atoms. The van der Waals surface area contributed by atoms with Gasteiger partial charge in [-0.3, -0.25) is 4.79 Å². The average molecular weight is 293 g/mol. The molecule has 1 N–H and O–H groups in total. The van der Waals surface area contributed by atoms with Crippen LogP contribution in [0, 0.1) is 12.3 Å². The van der Waals surface area contributed by atoms with Crippen LogP contribution >= 0.6 is 11.8 Å². The maximum Gasteiger partial charge on any atom is 0.306 e. The van der Waals surface area contributed by atoms with Crippen molar-refractivity contribution in [2.45, 2.75) is 37.6 Å². The lowest BCUT2D eigenvalue weighted by Crippen LogP contribution is -2.13. The van der Waals surface area contributed by atoms with Crippen LogP contribution in [0.3, 0.4) is 0 Å². The summed E-state index contributed by atoms with van der Waals surface area (Å²) in [4.78, 5) is 12.8. The van der Waals surface area contributed by atoms with E-state index in [4.69, 9.17) is 4.74 Å². The first-order valence-corrected chi connectivity index (χ1v) is 8.01. The molecule has 1 aromatic carbocycles. The molecule has 0 amide bonds. The van der Waals surface area contributed by atoms with E-state index in [1.165, 1.54) is 23.1 Å². The number of hydrogen-bond acceptors (Lipinski definition) is 4. The van der Waals surface area contributed by atoms with E-state index in [-0.39, 0.29) is 11.4 Å². The summed E-state index contributed by atoms with van der Waals surface area (Å²) in [6.07, 6.45) is 2.84. The highest BCUT2D eigenvalue weighted by atomic mass is 32.2. The van der Waals surface area contributed by atoms with Crippen LogP contribution in [0.15, 0.2) is 23.1 Å². The standard InChI is InChI=1S/C16H23NO2S/c1-12-4-5-14(13(8-12)10-17-2)20-11-16(6-7-16)9-15(18)19-3/h4-5,8,17H,6-7,9-11H2,1-3H3. The van der Waals surface area contributed by atoms with Gasteiger partial charge in [-0.25, -0.2) is 0 Å². The molecule has 4 heteroatoms. The molecule has 1 saturated carbocycles. The molecule has 0 unspecified atom stereocenters. The van der Waals surface area contributed by atoms with Gasteiger partial charge in [0.05, 0.1) is 13.5 Å². The van der Waals surface area contributed by atoms with Gasteiger partial charge in [-0.2, -0.15) is 0 Å². The van der Waals surface area contributed by atoms with Gasteiger partial charge < -0.3 is 10.1 Å². The fourth-order valence-electron chi connectivity index (χ4n) is 2.34. The molecule has 0 aromatic heterocycles. The molecule has 1 aliphatic rings. The number of ether oxygens (including phenoxy) is 1. The number of aryl methyl sites for hydroxylation is 1. The smallest absolute Gasteiger partial charge is 0.306 e. The number of rotatable bonds is 7. The number of esters is 1. The third-order valence-electron chi connectivity index (χ3n) is 3.82. The molecule has 110 valence electrons. The number of benzene rings is 1. The van der Waals surface area contributed by atoms with Gasteiger partial charge in [0.1, 0.15) is 0 Å². The Balaban J connectivity index is 1.98. The van der Waals surface area contributed by atoms with Crippen LogP contribution in [0.1, 0.15) is 30.4 Å². The number of carbonyl (C=O) groups excluding carboxylic acids is 1. The van der Waals surface area contributed by atoms with Gasteiger partial charge in [-0.1, -0.05) is 17.7 Å². The molecule has 1 aromatic rings. The minimum atomic E-state index is -0.0811. The van der Waals surface area contributed by atoms with Gasteiger partial charge in [-0.15, -0.1) is 11.8 Å². The van der Waals surface area contributed by atoms with Crippen LogP contribution < -0.4 is 5.32 Å². The first kappa shape index (κ1) is 15.4. The normalized spacial score (nSPS) is 15.9. The zero-order valence-electron chi connectivity index (χ0n) is 12.5. The van der Waals surface area contributed by atoms with E-state index in [0.29, 0.717) is 6.42 Å². The van der Waals surface area contributed by atoms with Crippen molar-refractivity contribution in [2.75, 3.05) is 19.9 Å². The van der Waals surface area contributed by atoms with Crippen LogP contribution in [0.4, 0.5) is 0 Å². The predicted molar refractivity (Wildman–Crippen MR) is 83.0 cm³/mol. The van der Waals surface area contributed by atoms with Crippen LogP contribution in [0.2, 0.25) is 0 Å². The number of nitrogens with one attached hydrogen (secondary N) is 1. The Kier molecular flexibility index (Phi) is 5.11. The summed E-state index contributed by atoms with van der Waals surface area (Å²) >= 11 is 1.87. The van der Waals surface area contributed by atoms with E-state index < -0.39 is 0 Å². The molecular formula is C16H23NO2S. The zero-order chi connectivity index (χ0) is 14.6. The summed E-state index contributed by atoms with van der Waals surface area (Å²) in [5.74, 6) is 0.921. The van der Waals surface area contributed by atoms with Crippen molar-refractivity contribution >= 4 is 17.7 Å². The third-order valence-corrected chi connectivity index (χ3v) is 5.29. The Labute approximate surface area is 125 Å². The summed E-state index contributed by atoms with van der Waals surface area (Å²) in [5.41, 5.74) is 2.81. The Morgan fingerprint density at radius 2 is 2.20 bits per heavy atom. The zero-order valence-corrected chi connectivity index (χ0v) is 13.3. The molecule has 0 saturated heterocycles. The quantitative estimate of drug-likeness (QED) is 0.619. The maximum absolute atomic E-state index is 11.5. The minimum Gasteiger partial charge on any atom is -0.469 e. The molecule has 0 radical (unpaired) electrons. The van der Waals surface area contributed by atoms with Gasteiger partial charge in [0.15, 0.2) is 0 Å². The summed E-state index contributed by atoms with van der Waals surface area (Å²) in [6, 6.07) is 6.58. The Morgan fingerprint density at radius 1 is 1.45 bits per heavy atom. The summed E-state index contributed by atoms with van der Waals surface area (Å²) in [5, 5.41) is 3.22. The first-order valence-electron chi connectivity index (χ1n) is 7.02. The molecule has 0 heterocycles. The van der Waals surface area contributed by atoms with Crippen molar-refractivity contribution in [2.24, 2.45) is 5.41 Å². The Morgan fingerprint density at radius 3 is 2.80 bits per heavy atom. The van der Waals surface area contributed by atoms with E-state index in [0.717, 1.165) is 25.1 Å². The molecule has 0 atom stereocenters. The molecule has 1 fully saturated rings. The highest BCUT2D eigenvalue weighted by molar-refractivity contribution is 7.99. The van der Waals surface area contributed by atoms with E-state index in [1.807, 2.05) is 18.8 Å². The fraction of sp³-hybridized carbons (Fsp3) is 0.562. The van der Waals surface area contributed by atoms with Crippen LogP contribution in [-0.4, -0.2) is 25.9 Å². The van der Waals surface area contributed by atoms with Crippen LogP contribution in [0.25, 0.3) is 0 Å². The van der Waals surface area contributed by atoms with Crippen LogP contribution in [0.5, 0.6) is 0 Å². The Hall–Kier alpha value is -1.00. The largest absolute Gasteiger partial charge is 0.469 e. The molecule has 2 rings (SSSR count). The third kappa shape index (κ3) is 4.00.